The second-order valence-electron chi connectivity index (χ2n) is 3.95. The third-order valence-electron chi connectivity index (χ3n) is 2.49. The quantitative estimate of drug-likeness (QED) is 0.523. The summed E-state index contributed by atoms with van der Waals surface area (Å²) in [6, 6.07) is 0. The number of hydrogen-bond acceptors (Lipinski definition) is 4. The zero-order chi connectivity index (χ0) is 12.5. The van der Waals surface area contributed by atoms with Crippen LogP contribution in [0.25, 0.3) is 0 Å². The molecule has 2 heterocycles. The average Bonchev–Trinajstić information content (AvgIpc) is 3.05. The fourth-order valence-corrected chi connectivity index (χ4v) is 3.71. The van der Waals surface area contributed by atoms with Gasteiger partial charge in [0.1, 0.15) is 0 Å². The van der Waals surface area contributed by atoms with Gasteiger partial charge in [0.25, 0.3) is 0 Å². The van der Waals surface area contributed by atoms with E-state index < -0.39 is 0 Å². The van der Waals surface area contributed by atoms with Crippen molar-refractivity contribution in [2.75, 3.05) is 11.5 Å². The molecule has 2 rings (SSSR count). The number of imidazole rings is 2. The second-order valence-corrected chi connectivity index (χ2v) is 6.65. The molecule has 0 aliphatic carbocycles. The van der Waals surface area contributed by atoms with Crippen molar-refractivity contribution in [3.05, 3.63) is 37.4 Å². The topological polar surface area (TPSA) is 35.6 Å². The lowest BCUT2D eigenvalue weighted by molar-refractivity contribution is 0.683. The summed E-state index contributed by atoms with van der Waals surface area (Å²) in [5.41, 5.74) is 0. The number of hydrogen-bond donors (Lipinski definition) is 0. The summed E-state index contributed by atoms with van der Waals surface area (Å²) in [6.45, 7) is 2.14. The van der Waals surface area contributed by atoms with Crippen molar-refractivity contribution in [1.29, 1.82) is 0 Å². The van der Waals surface area contributed by atoms with Crippen molar-refractivity contribution in [1.82, 2.24) is 19.1 Å². The van der Waals surface area contributed by atoms with Crippen LogP contribution in [0, 0.1) is 0 Å². The van der Waals surface area contributed by atoms with Gasteiger partial charge in [0, 0.05) is 49.4 Å². The Morgan fingerprint density at radius 1 is 0.778 bits per heavy atom. The van der Waals surface area contributed by atoms with Crippen LogP contribution in [0.2, 0.25) is 0 Å². The summed E-state index contributed by atoms with van der Waals surface area (Å²) in [5.74, 6) is 2.40. The third-order valence-corrected chi connectivity index (χ3v) is 5.07. The average molecular weight is 282 g/mol. The van der Waals surface area contributed by atoms with Gasteiger partial charge in [-0.2, -0.15) is 0 Å². The van der Waals surface area contributed by atoms with E-state index in [-0.39, 0.29) is 0 Å². The number of nitrogens with zero attached hydrogens (tertiary/aromatic N) is 4. The van der Waals surface area contributed by atoms with Gasteiger partial charge in [-0.25, -0.2) is 9.97 Å². The minimum atomic E-state index is 1.07. The SMILES string of the molecule is c1cn(CCCSSCCCn2ccnc2)cn1. The van der Waals surface area contributed by atoms with Crippen LogP contribution >= 0.6 is 21.6 Å². The molecule has 0 unspecified atom stereocenters. The predicted molar refractivity (Wildman–Crippen MR) is 78.6 cm³/mol. The minimum Gasteiger partial charge on any atom is -0.337 e. The molecule has 98 valence electrons. The smallest absolute Gasteiger partial charge is 0.0945 e. The molecule has 18 heavy (non-hydrogen) atoms. The van der Waals surface area contributed by atoms with Gasteiger partial charge in [-0.1, -0.05) is 21.6 Å². The van der Waals surface area contributed by atoms with Gasteiger partial charge >= 0.3 is 0 Å². The van der Waals surface area contributed by atoms with Crippen LogP contribution in [0.15, 0.2) is 37.4 Å². The van der Waals surface area contributed by atoms with Crippen LogP contribution in [0.3, 0.4) is 0 Å². The van der Waals surface area contributed by atoms with Crippen LogP contribution in [0.1, 0.15) is 12.8 Å². The molecule has 0 saturated carbocycles. The molecule has 2 aromatic heterocycles. The first kappa shape index (κ1) is 13.5. The van der Waals surface area contributed by atoms with E-state index in [1.54, 1.807) is 0 Å². The highest BCUT2D eigenvalue weighted by molar-refractivity contribution is 8.76. The summed E-state index contributed by atoms with van der Waals surface area (Å²) < 4.78 is 4.26. The molecule has 6 heteroatoms. The van der Waals surface area contributed by atoms with Crippen molar-refractivity contribution < 1.29 is 0 Å². The molecule has 0 aromatic carbocycles. The van der Waals surface area contributed by atoms with Crippen molar-refractivity contribution in [2.24, 2.45) is 0 Å². The van der Waals surface area contributed by atoms with Crippen LogP contribution in [0.4, 0.5) is 0 Å². The fraction of sp³-hybridized carbons (Fsp3) is 0.500. The largest absolute Gasteiger partial charge is 0.337 e. The fourth-order valence-electron chi connectivity index (χ4n) is 1.57. The maximum Gasteiger partial charge on any atom is 0.0945 e. The molecule has 0 radical (unpaired) electrons. The Kier molecular flexibility index (Phi) is 6.22. The van der Waals surface area contributed by atoms with Crippen molar-refractivity contribution >= 4 is 21.6 Å². The lowest BCUT2D eigenvalue weighted by atomic mass is 10.5. The summed E-state index contributed by atoms with van der Waals surface area (Å²) in [4.78, 5) is 8.06. The van der Waals surface area contributed by atoms with Gasteiger partial charge in [-0.3, -0.25) is 0 Å². The molecule has 4 nitrogen and oxygen atoms in total. The lowest BCUT2D eigenvalue weighted by Gasteiger charge is -2.03. The second kappa shape index (κ2) is 8.26. The maximum absolute atomic E-state index is 4.03. The van der Waals surface area contributed by atoms with E-state index in [2.05, 4.69) is 19.1 Å². The van der Waals surface area contributed by atoms with Gasteiger partial charge in [0.05, 0.1) is 12.7 Å². The highest BCUT2D eigenvalue weighted by Gasteiger charge is 1.94. The zero-order valence-corrected chi connectivity index (χ0v) is 11.9. The molecular formula is C12H18N4S2. The molecule has 0 spiro atoms. The van der Waals surface area contributed by atoms with Crippen LogP contribution in [-0.4, -0.2) is 30.6 Å². The molecule has 0 aliphatic heterocycles. The predicted octanol–water partition coefficient (Wildman–Crippen LogP) is 2.94. The molecule has 0 aliphatic rings. The van der Waals surface area contributed by atoms with Crippen LogP contribution in [0.5, 0.6) is 0 Å². The molecule has 2 aromatic rings. The third kappa shape index (κ3) is 5.18. The Labute approximate surface area is 116 Å². The van der Waals surface area contributed by atoms with E-state index in [1.807, 2.05) is 59.0 Å². The van der Waals surface area contributed by atoms with Crippen LogP contribution < -0.4 is 0 Å². The Hall–Kier alpha value is -0.880. The normalized spacial score (nSPS) is 10.9. The van der Waals surface area contributed by atoms with Crippen molar-refractivity contribution in [3.8, 4) is 0 Å². The molecule has 0 fully saturated rings. The lowest BCUT2D eigenvalue weighted by Crippen LogP contribution is -1.96. The standard InChI is InChI=1S/C12H18N4S2/c1(5-15-7-3-13-11-15)9-17-18-10-2-6-16-8-4-14-12-16/h3-4,7-8,11-12H,1-2,5-6,9-10H2. The van der Waals surface area contributed by atoms with E-state index in [9.17, 15) is 0 Å². The Morgan fingerprint density at radius 3 is 1.67 bits per heavy atom. The van der Waals surface area contributed by atoms with Crippen molar-refractivity contribution in [2.45, 2.75) is 25.9 Å². The van der Waals surface area contributed by atoms with E-state index in [4.69, 9.17) is 0 Å². The Bertz CT molecular complexity index is 359. The first-order valence-corrected chi connectivity index (χ1v) is 8.60. The highest BCUT2D eigenvalue weighted by Crippen LogP contribution is 2.23. The van der Waals surface area contributed by atoms with Gasteiger partial charge in [0.15, 0.2) is 0 Å². The maximum atomic E-state index is 4.03. The summed E-state index contributed by atoms with van der Waals surface area (Å²) in [5, 5.41) is 0. The minimum absolute atomic E-state index is 1.07. The number of aromatic nitrogens is 4. The first-order valence-electron chi connectivity index (χ1n) is 6.11. The van der Waals surface area contributed by atoms with E-state index >= 15 is 0 Å². The zero-order valence-electron chi connectivity index (χ0n) is 10.3. The summed E-state index contributed by atoms with van der Waals surface area (Å²) in [6.07, 6.45) is 13.9. The van der Waals surface area contributed by atoms with Crippen molar-refractivity contribution in [3.63, 3.8) is 0 Å². The number of rotatable bonds is 9. The Balaban J connectivity index is 1.40. The van der Waals surface area contributed by atoms with E-state index in [0.717, 1.165) is 13.1 Å². The number of aryl methyl sites for hydroxylation is 2. The van der Waals surface area contributed by atoms with Gasteiger partial charge in [-0.05, 0) is 12.8 Å². The molecule has 0 N–H and O–H groups in total. The van der Waals surface area contributed by atoms with Gasteiger partial charge in [-0.15, -0.1) is 0 Å². The first-order chi connectivity index (χ1) is 8.95. The van der Waals surface area contributed by atoms with Gasteiger partial charge in [0.2, 0.25) is 0 Å². The monoisotopic (exact) mass is 282 g/mol. The summed E-state index contributed by atoms with van der Waals surface area (Å²) in [7, 11) is 3.94. The molecule has 0 atom stereocenters. The molecule has 0 bridgehead atoms. The molecule has 0 saturated heterocycles. The highest BCUT2D eigenvalue weighted by atomic mass is 33.1. The van der Waals surface area contributed by atoms with E-state index in [0.29, 0.717) is 0 Å². The molecule has 0 amide bonds. The molecular weight excluding hydrogens is 264 g/mol. The Morgan fingerprint density at radius 2 is 1.28 bits per heavy atom. The van der Waals surface area contributed by atoms with E-state index in [1.165, 1.54) is 24.3 Å². The van der Waals surface area contributed by atoms with Gasteiger partial charge < -0.3 is 9.13 Å². The van der Waals surface area contributed by atoms with Crippen LogP contribution in [-0.2, 0) is 13.1 Å². The summed E-state index contributed by atoms with van der Waals surface area (Å²) >= 11 is 0.